The fraction of sp³-hybridized carbons (Fsp3) is 0.300. The van der Waals surface area contributed by atoms with Gasteiger partial charge in [0.2, 0.25) is 0 Å². The van der Waals surface area contributed by atoms with Crippen molar-refractivity contribution < 1.29 is 22.7 Å². The molecule has 0 bridgehead atoms. The van der Waals surface area contributed by atoms with Crippen LogP contribution in [-0.4, -0.2) is 12.9 Å². The molecule has 2 nitrogen and oxygen atoms in total. The van der Waals surface area contributed by atoms with Gasteiger partial charge in [0.05, 0.1) is 6.61 Å². The number of hydrogen-bond donors (Lipinski definition) is 0. The Kier molecular flexibility index (Phi) is 3.34. The first kappa shape index (κ1) is 11.6. The topological polar surface area (TPSA) is 26.3 Å². The van der Waals surface area contributed by atoms with Gasteiger partial charge in [-0.15, -0.1) is 0 Å². The molecule has 0 saturated heterocycles. The van der Waals surface area contributed by atoms with E-state index in [1.54, 1.807) is 6.92 Å². The summed E-state index contributed by atoms with van der Waals surface area (Å²) in [6.45, 7) is 1.69. The molecule has 0 N–H and O–H groups in total. The van der Waals surface area contributed by atoms with E-state index in [1.807, 2.05) is 0 Å². The quantitative estimate of drug-likeness (QED) is 0.729. The summed E-state index contributed by atoms with van der Waals surface area (Å²) >= 11 is 0. The number of ether oxygens (including phenoxy) is 1. The molecule has 0 aliphatic carbocycles. The highest BCUT2D eigenvalue weighted by atomic mass is 19.4. The molecule has 1 aromatic carbocycles. The molecule has 15 heavy (non-hydrogen) atoms. The van der Waals surface area contributed by atoms with Gasteiger partial charge in [-0.3, -0.25) is 4.79 Å². The number of alkyl halides is 3. The molecule has 1 aromatic rings. The molecule has 0 saturated carbocycles. The number of carbonyl (C=O) groups excluding carboxylic acids is 1. The molecule has 5 heteroatoms. The molecule has 0 atom stereocenters. The maximum absolute atomic E-state index is 12.6. The summed E-state index contributed by atoms with van der Waals surface area (Å²) in [6, 6.07) is 3.65. The molecular weight excluding hydrogens is 209 g/mol. The number of rotatable bonds is 3. The number of carbonyl (C=O) groups is 1. The Hall–Kier alpha value is -1.52. The van der Waals surface area contributed by atoms with Gasteiger partial charge in [-0.05, 0) is 13.0 Å². The Morgan fingerprint density at radius 3 is 2.53 bits per heavy atom. The van der Waals surface area contributed by atoms with Crippen LogP contribution in [0.1, 0.15) is 22.8 Å². The van der Waals surface area contributed by atoms with Gasteiger partial charge in [0.15, 0.2) is 6.29 Å². The van der Waals surface area contributed by atoms with Crippen molar-refractivity contribution in [2.45, 2.75) is 13.1 Å². The highest BCUT2D eigenvalue weighted by Crippen LogP contribution is 2.38. The van der Waals surface area contributed by atoms with E-state index in [-0.39, 0.29) is 18.6 Å². The Balaban J connectivity index is 3.33. The highest BCUT2D eigenvalue weighted by Gasteiger charge is 2.36. The van der Waals surface area contributed by atoms with Crippen LogP contribution in [0.3, 0.4) is 0 Å². The number of halogens is 3. The molecule has 0 fully saturated rings. The summed E-state index contributed by atoms with van der Waals surface area (Å²) in [5.41, 5.74) is -1.42. The average molecular weight is 218 g/mol. The maximum Gasteiger partial charge on any atom is 0.420 e. The van der Waals surface area contributed by atoms with Crippen LogP contribution < -0.4 is 4.74 Å². The van der Waals surface area contributed by atoms with Crippen LogP contribution in [0.25, 0.3) is 0 Å². The van der Waals surface area contributed by atoms with E-state index in [2.05, 4.69) is 0 Å². The van der Waals surface area contributed by atoms with Crippen molar-refractivity contribution in [1.82, 2.24) is 0 Å². The van der Waals surface area contributed by atoms with Gasteiger partial charge < -0.3 is 4.74 Å². The average Bonchev–Trinajstić information content (AvgIpc) is 2.16. The third-order valence-electron chi connectivity index (χ3n) is 1.77. The van der Waals surface area contributed by atoms with Crippen LogP contribution >= 0.6 is 0 Å². The zero-order valence-electron chi connectivity index (χ0n) is 7.97. The van der Waals surface area contributed by atoms with Crippen molar-refractivity contribution in [2.24, 2.45) is 0 Å². The molecule has 0 amide bonds. The van der Waals surface area contributed by atoms with Gasteiger partial charge in [-0.1, -0.05) is 12.1 Å². The number of aldehydes is 1. The Bertz CT molecular complexity index is 358. The van der Waals surface area contributed by atoms with E-state index in [9.17, 15) is 18.0 Å². The van der Waals surface area contributed by atoms with Crippen LogP contribution in [0.5, 0.6) is 5.75 Å². The van der Waals surface area contributed by atoms with E-state index < -0.39 is 17.3 Å². The second-order valence-corrected chi connectivity index (χ2v) is 2.77. The lowest BCUT2D eigenvalue weighted by atomic mass is 10.1. The predicted octanol–water partition coefficient (Wildman–Crippen LogP) is 2.92. The Labute approximate surface area is 84.7 Å². The summed E-state index contributed by atoms with van der Waals surface area (Å²) in [5.74, 6) is -0.311. The van der Waals surface area contributed by atoms with Crippen molar-refractivity contribution >= 4 is 6.29 Å². The summed E-state index contributed by atoms with van der Waals surface area (Å²) < 4.78 is 42.6. The SMILES string of the molecule is CCOc1cccc(C=O)c1C(F)(F)F. The van der Waals surface area contributed by atoms with Crippen molar-refractivity contribution in [3.8, 4) is 5.75 Å². The van der Waals surface area contributed by atoms with Crippen LogP contribution in [0.4, 0.5) is 13.2 Å². The monoisotopic (exact) mass is 218 g/mol. The van der Waals surface area contributed by atoms with E-state index in [0.29, 0.717) is 0 Å². The standard InChI is InChI=1S/C10H9F3O2/c1-2-15-8-5-3-4-7(6-14)9(8)10(11,12)13/h3-6H,2H2,1H3. The summed E-state index contributed by atoms with van der Waals surface area (Å²) in [7, 11) is 0. The van der Waals surface area contributed by atoms with E-state index in [0.717, 1.165) is 6.07 Å². The Morgan fingerprint density at radius 2 is 2.07 bits per heavy atom. The van der Waals surface area contributed by atoms with E-state index >= 15 is 0 Å². The first-order chi connectivity index (χ1) is 7.00. The van der Waals surface area contributed by atoms with Crippen LogP contribution in [0.2, 0.25) is 0 Å². The number of benzene rings is 1. The van der Waals surface area contributed by atoms with Gasteiger partial charge in [-0.2, -0.15) is 13.2 Å². The fourth-order valence-corrected chi connectivity index (χ4v) is 1.23. The minimum atomic E-state index is -4.58. The molecule has 0 aliphatic heterocycles. The van der Waals surface area contributed by atoms with Crippen molar-refractivity contribution in [2.75, 3.05) is 6.61 Å². The second-order valence-electron chi connectivity index (χ2n) is 2.77. The molecule has 0 spiro atoms. The van der Waals surface area contributed by atoms with Crippen molar-refractivity contribution in [3.05, 3.63) is 29.3 Å². The molecular formula is C10H9F3O2. The van der Waals surface area contributed by atoms with Gasteiger partial charge in [0, 0.05) is 5.56 Å². The number of hydrogen-bond acceptors (Lipinski definition) is 2. The molecule has 0 heterocycles. The van der Waals surface area contributed by atoms with E-state index in [4.69, 9.17) is 4.74 Å². The summed E-state index contributed by atoms with van der Waals surface area (Å²) in [4.78, 5) is 10.5. The summed E-state index contributed by atoms with van der Waals surface area (Å²) in [6.07, 6.45) is -4.41. The normalized spacial score (nSPS) is 11.2. The minimum Gasteiger partial charge on any atom is -0.493 e. The molecule has 82 valence electrons. The Morgan fingerprint density at radius 1 is 1.40 bits per heavy atom. The lowest BCUT2D eigenvalue weighted by Crippen LogP contribution is -2.12. The van der Waals surface area contributed by atoms with Gasteiger partial charge in [0.25, 0.3) is 0 Å². The molecule has 0 radical (unpaired) electrons. The second kappa shape index (κ2) is 4.33. The maximum atomic E-state index is 12.6. The lowest BCUT2D eigenvalue weighted by Gasteiger charge is -2.14. The first-order valence-corrected chi connectivity index (χ1v) is 4.29. The smallest absolute Gasteiger partial charge is 0.420 e. The lowest BCUT2D eigenvalue weighted by molar-refractivity contribution is -0.139. The fourth-order valence-electron chi connectivity index (χ4n) is 1.23. The third kappa shape index (κ3) is 2.49. The van der Waals surface area contributed by atoms with Crippen LogP contribution in [-0.2, 0) is 6.18 Å². The van der Waals surface area contributed by atoms with Gasteiger partial charge >= 0.3 is 6.18 Å². The first-order valence-electron chi connectivity index (χ1n) is 4.29. The van der Waals surface area contributed by atoms with Crippen molar-refractivity contribution in [3.63, 3.8) is 0 Å². The zero-order valence-corrected chi connectivity index (χ0v) is 7.97. The minimum absolute atomic E-state index is 0.116. The van der Waals surface area contributed by atoms with Crippen LogP contribution in [0.15, 0.2) is 18.2 Å². The van der Waals surface area contributed by atoms with E-state index in [1.165, 1.54) is 12.1 Å². The highest BCUT2D eigenvalue weighted by molar-refractivity contribution is 5.79. The largest absolute Gasteiger partial charge is 0.493 e. The van der Waals surface area contributed by atoms with Crippen molar-refractivity contribution in [1.29, 1.82) is 0 Å². The third-order valence-corrected chi connectivity index (χ3v) is 1.77. The molecule has 1 rings (SSSR count). The molecule has 0 aliphatic rings. The molecule has 0 aromatic heterocycles. The van der Waals surface area contributed by atoms with Crippen LogP contribution in [0, 0.1) is 0 Å². The molecule has 0 unspecified atom stereocenters. The summed E-state index contributed by atoms with van der Waals surface area (Å²) in [5, 5.41) is 0. The van der Waals surface area contributed by atoms with Gasteiger partial charge in [-0.25, -0.2) is 0 Å². The zero-order chi connectivity index (χ0) is 11.5. The van der Waals surface area contributed by atoms with Gasteiger partial charge in [0.1, 0.15) is 11.3 Å². The predicted molar refractivity (Wildman–Crippen MR) is 48.0 cm³/mol.